The Kier molecular flexibility index (Phi) is 8.85. The average molecular weight is 580 g/mol. The standard InChI is InChI=1S/C33H33N5O5/c1-22-12-14-23(15-13-22)20-37(31(39)21-38-29-11-6-5-10-27(29)35-36-38)32(24-8-7-9-25(18-24)41-2)33(40)34-28-17-16-26(42-3)19-30(28)43-4/h5-19,32H,20-21H2,1-4H3,(H,34,40). The van der Waals surface area contributed by atoms with Crippen molar-refractivity contribution in [3.8, 4) is 17.2 Å². The number of hydrogen-bond donors (Lipinski definition) is 1. The number of aryl methyl sites for hydroxylation is 1. The van der Waals surface area contributed by atoms with Crippen molar-refractivity contribution in [1.82, 2.24) is 19.9 Å². The highest BCUT2D eigenvalue weighted by Crippen LogP contribution is 2.33. The van der Waals surface area contributed by atoms with E-state index in [1.54, 1.807) is 66.3 Å². The molecule has 0 radical (unpaired) electrons. The number of benzene rings is 4. The summed E-state index contributed by atoms with van der Waals surface area (Å²) in [6.07, 6.45) is 0. The number of ether oxygens (including phenoxy) is 3. The third kappa shape index (κ3) is 6.59. The Morgan fingerprint density at radius 3 is 2.35 bits per heavy atom. The fourth-order valence-electron chi connectivity index (χ4n) is 4.85. The van der Waals surface area contributed by atoms with E-state index in [0.29, 0.717) is 34.0 Å². The van der Waals surface area contributed by atoms with E-state index in [-0.39, 0.29) is 19.0 Å². The van der Waals surface area contributed by atoms with E-state index < -0.39 is 11.9 Å². The molecule has 0 saturated carbocycles. The molecule has 10 nitrogen and oxygen atoms in total. The Balaban J connectivity index is 1.58. The Bertz CT molecular complexity index is 1730. The van der Waals surface area contributed by atoms with Crippen molar-refractivity contribution in [2.24, 2.45) is 0 Å². The molecule has 43 heavy (non-hydrogen) atoms. The lowest BCUT2D eigenvalue weighted by Crippen LogP contribution is -2.42. The van der Waals surface area contributed by atoms with Gasteiger partial charge in [-0.05, 0) is 54.4 Å². The van der Waals surface area contributed by atoms with Crippen molar-refractivity contribution in [2.45, 2.75) is 26.1 Å². The van der Waals surface area contributed by atoms with Gasteiger partial charge in [-0.25, -0.2) is 4.68 Å². The number of anilines is 1. The van der Waals surface area contributed by atoms with E-state index in [0.717, 1.165) is 16.6 Å². The van der Waals surface area contributed by atoms with Gasteiger partial charge in [0.1, 0.15) is 35.4 Å². The molecule has 10 heteroatoms. The number of carbonyl (C=O) groups excluding carboxylic acids is 2. The van der Waals surface area contributed by atoms with Gasteiger partial charge in [0.25, 0.3) is 5.91 Å². The number of nitrogens with zero attached hydrogens (tertiary/aromatic N) is 4. The number of carbonyl (C=O) groups is 2. The van der Waals surface area contributed by atoms with Crippen LogP contribution in [0.15, 0.2) is 91.0 Å². The molecule has 0 aliphatic rings. The van der Waals surface area contributed by atoms with Crippen molar-refractivity contribution in [3.63, 3.8) is 0 Å². The summed E-state index contributed by atoms with van der Waals surface area (Å²) in [4.78, 5) is 30.1. The molecule has 0 saturated heterocycles. The summed E-state index contributed by atoms with van der Waals surface area (Å²) in [7, 11) is 4.62. The summed E-state index contributed by atoms with van der Waals surface area (Å²) in [5.41, 5.74) is 4.36. The average Bonchev–Trinajstić information content (AvgIpc) is 3.44. The van der Waals surface area contributed by atoms with Gasteiger partial charge in [0.05, 0.1) is 32.5 Å². The second kappa shape index (κ2) is 13.1. The van der Waals surface area contributed by atoms with Gasteiger partial charge in [-0.3, -0.25) is 9.59 Å². The van der Waals surface area contributed by atoms with Crippen LogP contribution in [-0.4, -0.2) is 53.0 Å². The maximum absolute atomic E-state index is 14.3. The van der Waals surface area contributed by atoms with Crippen LogP contribution < -0.4 is 19.5 Å². The van der Waals surface area contributed by atoms with Gasteiger partial charge in [-0.2, -0.15) is 0 Å². The Hall–Kier alpha value is -5.38. The summed E-state index contributed by atoms with van der Waals surface area (Å²) in [6, 6.07) is 26.5. The van der Waals surface area contributed by atoms with Crippen molar-refractivity contribution in [2.75, 3.05) is 26.6 Å². The van der Waals surface area contributed by atoms with E-state index in [2.05, 4.69) is 15.6 Å². The first-order chi connectivity index (χ1) is 20.9. The van der Waals surface area contributed by atoms with Crippen LogP contribution in [0.5, 0.6) is 17.2 Å². The molecule has 1 aromatic heterocycles. The molecule has 1 unspecified atom stereocenters. The number of methoxy groups -OCH3 is 3. The number of nitrogens with one attached hydrogen (secondary N) is 1. The molecule has 5 aromatic rings. The van der Waals surface area contributed by atoms with Gasteiger partial charge in [0.15, 0.2) is 0 Å². The number of fused-ring (bicyclic) bond motifs is 1. The lowest BCUT2D eigenvalue weighted by molar-refractivity contribution is -0.140. The van der Waals surface area contributed by atoms with E-state index in [1.165, 1.54) is 7.11 Å². The minimum Gasteiger partial charge on any atom is -0.497 e. The molecule has 0 bridgehead atoms. The molecule has 4 aromatic carbocycles. The van der Waals surface area contributed by atoms with Crippen LogP contribution in [0.4, 0.5) is 5.69 Å². The predicted molar refractivity (Wildman–Crippen MR) is 163 cm³/mol. The molecular weight excluding hydrogens is 546 g/mol. The molecule has 1 atom stereocenters. The van der Waals surface area contributed by atoms with E-state index in [4.69, 9.17) is 14.2 Å². The summed E-state index contributed by atoms with van der Waals surface area (Å²) in [5, 5.41) is 11.4. The highest BCUT2D eigenvalue weighted by atomic mass is 16.5. The molecule has 5 rings (SSSR count). The van der Waals surface area contributed by atoms with Gasteiger partial charge in [0, 0.05) is 12.6 Å². The van der Waals surface area contributed by atoms with Crippen molar-refractivity contribution < 1.29 is 23.8 Å². The predicted octanol–water partition coefficient (Wildman–Crippen LogP) is 5.17. The van der Waals surface area contributed by atoms with Crippen LogP contribution in [0.2, 0.25) is 0 Å². The van der Waals surface area contributed by atoms with Gasteiger partial charge in [-0.1, -0.05) is 59.3 Å². The highest BCUT2D eigenvalue weighted by molar-refractivity contribution is 5.99. The molecule has 2 amide bonds. The van der Waals surface area contributed by atoms with Crippen molar-refractivity contribution in [1.29, 1.82) is 0 Å². The van der Waals surface area contributed by atoms with E-state index >= 15 is 0 Å². The zero-order valence-corrected chi connectivity index (χ0v) is 24.5. The maximum atomic E-state index is 14.3. The summed E-state index contributed by atoms with van der Waals surface area (Å²) in [5.74, 6) is 0.807. The van der Waals surface area contributed by atoms with Gasteiger partial charge in [-0.15, -0.1) is 5.10 Å². The summed E-state index contributed by atoms with van der Waals surface area (Å²) < 4.78 is 17.9. The van der Waals surface area contributed by atoms with Crippen LogP contribution in [-0.2, 0) is 22.7 Å². The molecule has 0 aliphatic heterocycles. The minimum absolute atomic E-state index is 0.119. The number of para-hydroxylation sites is 1. The minimum atomic E-state index is -1.04. The summed E-state index contributed by atoms with van der Waals surface area (Å²) in [6.45, 7) is 2.05. The second-order valence-corrected chi connectivity index (χ2v) is 9.98. The monoisotopic (exact) mass is 579 g/mol. The second-order valence-electron chi connectivity index (χ2n) is 9.98. The third-order valence-corrected chi connectivity index (χ3v) is 7.14. The summed E-state index contributed by atoms with van der Waals surface area (Å²) >= 11 is 0. The van der Waals surface area contributed by atoms with Gasteiger partial charge >= 0.3 is 0 Å². The highest BCUT2D eigenvalue weighted by Gasteiger charge is 2.33. The van der Waals surface area contributed by atoms with Gasteiger partial charge in [0.2, 0.25) is 5.91 Å². The molecular formula is C33H33N5O5. The topological polar surface area (TPSA) is 108 Å². The number of amides is 2. The largest absolute Gasteiger partial charge is 0.497 e. The SMILES string of the molecule is COc1cccc(C(C(=O)Nc2ccc(OC)cc2OC)N(Cc2ccc(C)cc2)C(=O)Cn2nnc3ccccc32)c1. The van der Waals surface area contributed by atoms with Crippen LogP contribution in [0.25, 0.3) is 11.0 Å². The van der Waals surface area contributed by atoms with Crippen molar-refractivity contribution in [3.05, 3.63) is 108 Å². The Morgan fingerprint density at radius 1 is 0.860 bits per heavy atom. The maximum Gasteiger partial charge on any atom is 0.251 e. The first-order valence-electron chi connectivity index (χ1n) is 13.7. The van der Waals surface area contributed by atoms with Crippen LogP contribution >= 0.6 is 0 Å². The Labute approximate surface area is 249 Å². The molecule has 1 N–H and O–H groups in total. The van der Waals surface area contributed by atoms with Crippen LogP contribution in [0.3, 0.4) is 0 Å². The first kappa shape index (κ1) is 29.1. The lowest BCUT2D eigenvalue weighted by Gasteiger charge is -2.32. The zero-order chi connectivity index (χ0) is 30.3. The number of rotatable bonds is 11. The van der Waals surface area contributed by atoms with Crippen LogP contribution in [0, 0.1) is 6.92 Å². The molecule has 0 aliphatic carbocycles. The molecule has 1 heterocycles. The Morgan fingerprint density at radius 2 is 1.60 bits per heavy atom. The molecule has 0 spiro atoms. The first-order valence-corrected chi connectivity index (χ1v) is 13.7. The van der Waals surface area contributed by atoms with Crippen LogP contribution in [0.1, 0.15) is 22.7 Å². The van der Waals surface area contributed by atoms with Crippen molar-refractivity contribution >= 4 is 28.5 Å². The van der Waals surface area contributed by atoms with Gasteiger partial charge < -0.3 is 24.4 Å². The zero-order valence-electron chi connectivity index (χ0n) is 24.5. The quantitative estimate of drug-likeness (QED) is 0.230. The van der Waals surface area contributed by atoms with E-state index in [9.17, 15) is 9.59 Å². The smallest absolute Gasteiger partial charge is 0.251 e. The normalized spacial score (nSPS) is 11.5. The fraction of sp³-hybridized carbons (Fsp3) is 0.212. The van der Waals surface area contributed by atoms with E-state index in [1.807, 2.05) is 55.5 Å². The molecule has 0 fully saturated rings. The number of hydrogen-bond acceptors (Lipinski definition) is 7. The molecule has 220 valence electrons. The fourth-order valence-corrected chi connectivity index (χ4v) is 4.85. The number of aromatic nitrogens is 3. The third-order valence-electron chi connectivity index (χ3n) is 7.14. The lowest BCUT2D eigenvalue weighted by atomic mass is 10.0.